The van der Waals surface area contributed by atoms with Crippen molar-refractivity contribution in [3.63, 3.8) is 0 Å². The molecular formula is C17H18F3N3O4. The van der Waals surface area contributed by atoms with Gasteiger partial charge in [-0.2, -0.15) is 5.10 Å². The Balaban J connectivity index is 2.14. The van der Waals surface area contributed by atoms with Gasteiger partial charge in [-0.15, -0.1) is 13.2 Å². The zero-order valence-corrected chi connectivity index (χ0v) is 14.4. The first-order chi connectivity index (χ1) is 12.7. The highest BCUT2D eigenvalue weighted by atomic mass is 19.4. The van der Waals surface area contributed by atoms with Gasteiger partial charge in [-0.25, -0.2) is 0 Å². The molecule has 0 fully saturated rings. The predicted octanol–water partition coefficient (Wildman–Crippen LogP) is 3.14. The van der Waals surface area contributed by atoms with Crippen LogP contribution >= 0.6 is 0 Å². The van der Waals surface area contributed by atoms with Crippen LogP contribution in [0.1, 0.15) is 41.7 Å². The number of carbonyl (C=O) groups is 2. The van der Waals surface area contributed by atoms with Crippen LogP contribution in [0.3, 0.4) is 0 Å². The summed E-state index contributed by atoms with van der Waals surface area (Å²) in [6, 6.07) is 3.74. The van der Waals surface area contributed by atoms with Crippen LogP contribution in [0.5, 0.6) is 5.75 Å². The summed E-state index contributed by atoms with van der Waals surface area (Å²) in [5.74, 6) is -2.13. The number of ether oxygens (including phenoxy) is 1. The minimum absolute atomic E-state index is 0.260. The first-order valence-electron chi connectivity index (χ1n) is 8.08. The molecule has 1 amide bonds. The number of rotatable bonds is 8. The summed E-state index contributed by atoms with van der Waals surface area (Å²) >= 11 is 0. The van der Waals surface area contributed by atoms with Gasteiger partial charge in [0.1, 0.15) is 5.75 Å². The lowest BCUT2D eigenvalue weighted by atomic mass is 10.0. The van der Waals surface area contributed by atoms with Gasteiger partial charge in [-0.3, -0.25) is 14.3 Å². The lowest BCUT2D eigenvalue weighted by Crippen LogP contribution is -2.30. The number of benzene rings is 1. The third-order valence-electron chi connectivity index (χ3n) is 3.55. The molecule has 0 aliphatic heterocycles. The van der Waals surface area contributed by atoms with Gasteiger partial charge in [0.15, 0.2) is 0 Å². The summed E-state index contributed by atoms with van der Waals surface area (Å²) < 4.78 is 42.0. The van der Waals surface area contributed by atoms with E-state index in [1.54, 1.807) is 4.68 Å². The van der Waals surface area contributed by atoms with Crippen molar-refractivity contribution >= 4 is 11.9 Å². The van der Waals surface area contributed by atoms with E-state index in [0.717, 1.165) is 18.6 Å². The molecule has 1 aromatic heterocycles. The van der Waals surface area contributed by atoms with E-state index in [9.17, 15) is 22.8 Å². The molecule has 10 heteroatoms. The predicted molar refractivity (Wildman–Crippen MR) is 88.1 cm³/mol. The Morgan fingerprint density at radius 1 is 1.30 bits per heavy atom. The highest BCUT2D eigenvalue weighted by Crippen LogP contribution is 2.25. The second-order valence-corrected chi connectivity index (χ2v) is 5.73. The molecule has 7 nitrogen and oxygen atoms in total. The lowest BCUT2D eigenvalue weighted by Gasteiger charge is -2.18. The number of nitrogens with zero attached hydrogens (tertiary/aromatic N) is 2. The summed E-state index contributed by atoms with van der Waals surface area (Å²) in [6.07, 6.45) is -1.53. The van der Waals surface area contributed by atoms with E-state index in [0.29, 0.717) is 12.1 Å². The molecule has 27 heavy (non-hydrogen) atoms. The number of halogens is 3. The summed E-state index contributed by atoms with van der Waals surface area (Å²) in [7, 11) is 0. The first kappa shape index (κ1) is 20.3. The van der Waals surface area contributed by atoms with E-state index < -0.39 is 36.5 Å². The molecular weight excluding hydrogens is 367 g/mol. The SMILES string of the molecule is CCCn1cc(C(=O)NC(CC(=O)O)c2ccc(OC(F)(F)F)cc2)cn1. The van der Waals surface area contributed by atoms with Crippen LogP contribution in [0.15, 0.2) is 36.7 Å². The Kier molecular flexibility index (Phi) is 6.43. The number of carbonyl (C=O) groups excluding carboxylic acids is 1. The molecule has 0 saturated carbocycles. The Morgan fingerprint density at radius 2 is 1.96 bits per heavy atom. The monoisotopic (exact) mass is 385 g/mol. The Bertz CT molecular complexity index is 787. The number of aryl methyl sites for hydroxylation is 1. The van der Waals surface area contributed by atoms with Gasteiger partial charge in [-0.1, -0.05) is 19.1 Å². The van der Waals surface area contributed by atoms with Crippen LogP contribution in [0, 0.1) is 0 Å². The summed E-state index contributed by atoms with van der Waals surface area (Å²) in [4.78, 5) is 23.5. The smallest absolute Gasteiger partial charge is 0.481 e. The van der Waals surface area contributed by atoms with Crippen LogP contribution in [0.2, 0.25) is 0 Å². The van der Waals surface area contributed by atoms with Crippen molar-refractivity contribution in [2.75, 3.05) is 0 Å². The van der Waals surface area contributed by atoms with Crippen LogP contribution < -0.4 is 10.1 Å². The van der Waals surface area contributed by atoms with E-state index in [-0.39, 0.29) is 5.56 Å². The van der Waals surface area contributed by atoms with Gasteiger partial charge >= 0.3 is 12.3 Å². The Labute approximate surface area is 152 Å². The quantitative estimate of drug-likeness (QED) is 0.728. The average molecular weight is 385 g/mol. The van der Waals surface area contributed by atoms with E-state index in [1.807, 2.05) is 6.92 Å². The van der Waals surface area contributed by atoms with Crippen molar-refractivity contribution in [3.8, 4) is 5.75 Å². The van der Waals surface area contributed by atoms with Gasteiger partial charge in [0.2, 0.25) is 0 Å². The van der Waals surface area contributed by atoms with Gasteiger partial charge in [0.25, 0.3) is 5.91 Å². The van der Waals surface area contributed by atoms with E-state index in [4.69, 9.17) is 5.11 Å². The topological polar surface area (TPSA) is 93.5 Å². The molecule has 1 unspecified atom stereocenters. The molecule has 2 aromatic rings. The van der Waals surface area contributed by atoms with E-state index in [2.05, 4.69) is 15.2 Å². The number of aliphatic carboxylic acids is 1. The maximum Gasteiger partial charge on any atom is 0.573 e. The second-order valence-electron chi connectivity index (χ2n) is 5.73. The molecule has 2 rings (SSSR count). The van der Waals surface area contributed by atoms with Crippen molar-refractivity contribution < 1.29 is 32.6 Å². The standard InChI is InChI=1S/C17H18F3N3O4/c1-2-7-23-10-12(9-21-23)16(26)22-14(8-15(24)25)11-3-5-13(6-4-11)27-17(18,19)20/h3-6,9-10,14H,2,7-8H2,1H3,(H,22,26)(H,24,25). The molecule has 0 aliphatic rings. The summed E-state index contributed by atoms with van der Waals surface area (Å²) in [6.45, 7) is 2.59. The van der Waals surface area contributed by atoms with Gasteiger partial charge in [0, 0.05) is 12.7 Å². The fraction of sp³-hybridized carbons (Fsp3) is 0.353. The van der Waals surface area contributed by atoms with Crippen molar-refractivity contribution in [2.24, 2.45) is 0 Å². The molecule has 0 spiro atoms. The largest absolute Gasteiger partial charge is 0.573 e. The number of amides is 1. The fourth-order valence-corrected chi connectivity index (χ4v) is 2.40. The Hall–Kier alpha value is -3.04. The molecule has 2 N–H and O–H groups in total. The van der Waals surface area contributed by atoms with Gasteiger partial charge < -0.3 is 15.2 Å². The van der Waals surface area contributed by atoms with Gasteiger partial charge in [-0.05, 0) is 24.1 Å². The summed E-state index contributed by atoms with van der Waals surface area (Å²) in [5, 5.41) is 15.7. The molecule has 1 aromatic carbocycles. The van der Waals surface area contributed by atoms with Crippen molar-refractivity contribution in [1.82, 2.24) is 15.1 Å². The highest BCUT2D eigenvalue weighted by Gasteiger charge is 2.31. The average Bonchev–Trinajstić information content (AvgIpc) is 3.02. The number of aromatic nitrogens is 2. The number of hydrogen-bond acceptors (Lipinski definition) is 4. The number of alkyl halides is 3. The highest BCUT2D eigenvalue weighted by molar-refractivity contribution is 5.94. The van der Waals surface area contributed by atoms with Crippen LogP contribution in [-0.2, 0) is 11.3 Å². The molecule has 0 aliphatic carbocycles. The zero-order valence-electron chi connectivity index (χ0n) is 14.4. The maximum atomic E-state index is 12.4. The fourth-order valence-electron chi connectivity index (χ4n) is 2.40. The lowest BCUT2D eigenvalue weighted by molar-refractivity contribution is -0.274. The number of carboxylic acids is 1. The molecule has 1 atom stereocenters. The molecule has 0 radical (unpaired) electrons. The third kappa shape index (κ3) is 6.32. The molecule has 0 bridgehead atoms. The number of nitrogens with one attached hydrogen (secondary N) is 1. The van der Waals surface area contributed by atoms with Crippen LogP contribution in [0.25, 0.3) is 0 Å². The van der Waals surface area contributed by atoms with Crippen molar-refractivity contribution in [2.45, 2.75) is 38.7 Å². The number of carboxylic acid groups (broad SMARTS) is 1. The molecule has 0 saturated heterocycles. The van der Waals surface area contributed by atoms with Gasteiger partial charge in [0.05, 0.1) is 24.2 Å². The van der Waals surface area contributed by atoms with Crippen LogP contribution in [-0.4, -0.2) is 33.1 Å². The molecule has 146 valence electrons. The number of hydrogen-bond donors (Lipinski definition) is 2. The minimum atomic E-state index is -4.82. The van der Waals surface area contributed by atoms with E-state index >= 15 is 0 Å². The van der Waals surface area contributed by atoms with Crippen molar-refractivity contribution in [3.05, 3.63) is 47.8 Å². The second kappa shape index (κ2) is 8.56. The van der Waals surface area contributed by atoms with Crippen LogP contribution in [0.4, 0.5) is 13.2 Å². The summed E-state index contributed by atoms with van der Waals surface area (Å²) in [5.41, 5.74) is 0.595. The Morgan fingerprint density at radius 3 is 2.52 bits per heavy atom. The normalized spacial score (nSPS) is 12.4. The maximum absolute atomic E-state index is 12.4. The van der Waals surface area contributed by atoms with Crippen molar-refractivity contribution in [1.29, 1.82) is 0 Å². The van der Waals surface area contributed by atoms with E-state index in [1.165, 1.54) is 24.5 Å². The molecule has 1 heterocycles. The first-order valence-corrected chi connectivity index (χ1v) is 8.08. The zero-order chi connectivity index (χ0) is 20.0. The third-order valence-corrected chi connectivity index (χ3v) is 3.55. The minimum Gasteiger partial charge on any atom is -0.481 e.